The lowest BCUT2D eigenvalue weighted by atomic mass is 9.99. The number of nitrogen functional groups attached to an aromatic ring is 1. The van der Waals surface area contributed by atoms with Gasteiger partial charge in [0.1, 0.15) is 10.7 Å². The number of rotatable bonds is 4. The van der Waals surface area contributed by atoms with Gasteiger partial charge in [0, 0.05) is 5.02 Å². The second kappa shape index (κ2) is 7.80. The molecule has 12 heteroatoms. The summed E-state index contributed by atoms with van der Waals surface area (Å²) in [6.07, 6.45) is 2.18. The van der Waals surface area contributed by atoms with Crippen molar-refractivity contribution in [2.75, 3.05) is 21.9 Å². The van der Waals surface area contributed by atoms with Gasteiger partial charge in [0.15, 0.2) is 5.65 Å². The molecule has 0 spiro atoms. The summed E-state index contributed by atoms with van der Waals surface area (Å²) in [4.78, 5) is 8.39. The minimum Gasteiger partial charge on any atom is -0.368 e. The molecule has 1 aliphatic rings. The zero-order valence-corrected chi connectivity index (χ0v) is 18.8. The van der Waals surface area contributed by atoms with Crippen LogP contribution in [0.15, 0.2) is 53.6 Å². The van der Waals surface area contributed by atoms with Gasteiger partial charge in [0.05, 0.1) is 34.9 Å². The molecule has 4 N–H and O–H groups in total. The third-order valence-corrected chi connectivity index (χ3v) is 7.74. The predicted molar refractivity (Wildman–Crippen MR) is 125 cm³/mol. The van der Waals surface area contributed by atoms with Crippen LogP contribution in [0.4, 0.5) is 17.5 Å². The molecule has 3 heterocycles. The number of aromatic amines is 1. The van der Waals surface area contributed by atoms with Crippen molar-refractivity contribution in [3.05, 3.63) is 64.3 Å². The Morgan fingerprint density at radius 1 is 1.16 bits per heavy atom. The topological polar surface area (TPSA) is 130 Å². The maximum Gasteiger partial charge on any atom is 0.265 e. The van der Waals surface area contributed by atoms with E-state index in [1.807, 2.05) is 12.1 Å². The van der Waals surface area contributed by atoms with Gasteiger partial charge in [-0.2, -0.15) is 15.1 Å². The van der Waals surface area contributed by atoms with E-state index in [0.717, 1.165) is 5.56 Å². The minimum absolute atomic E-state index is 0.0116. The van der Waals surface area contributed by atoms with E-state index in [2.05, 4.69) is 25.5 Å². The Hall–Kier alpha value is -3.08. The average Bonchev–Trinajstić information content (AvgIpc) is 3.21. The quantitative estimate of drug-likeness (QED) is 0.399. The molecule has 0 aliphatic carbocycles. The predicted octanol–water partition coefficient (Wildman–Crippen LogP) is 3.47. The van der Waals surface area contributed by atoms with Crippen LogP contribution in [0.5, 0.6) is 0 Å². The lowest BCUT2D eigenvalue weighted by molar-refractivity contribution is 0.581. The standard InChI is InChI=1S/C20H17Cl2N7O2S/c21-12-5-6-17(15(22)8-12)32(30,31)29-10-13(7-11-3-1-2-4-16(11)29)25-18-14-9-24-28-19(14)27-20(23)26-18/h1-6,8-9,13H,7,10H2,(H4,23,24,25,26,27,28). The van der Waals surface area contributed by atoms with Crippen molar-refractivity contribution in [2.24, 2.45) is 0 Å². The van der Waals surface area contributed by atoms with E-state index in [1.54, 1.807) is 18.3 Å². The molecule has 4 aromatic rings. The van der Waals surface area contributed by atoms with Gasteiger partial charge in [-0.1, -0.05) is 41.4 Å². The summed E-state index contributed by atoms with van der Waals surface area (Å²) < 4.78 is 28.6. The number of sulfonamides is 1. The van der Waals surface area contributed by atoms with Gasteiger partial charge in [-0.3, -0.25) is 9.40 Å². The summed E-state index contributed by atoms with van der Waals surface area (Å²) in [5, 5.41) is 11.2. The van der Waals surface area contributed by atoms with Gasteiger partial charge in [-0.15, -0.1) is 0 Å². The summed E-state index contributed by atoms with van der Waals surface area (Å²) in [6.45, 7) is 0.154. The molecule has 32 heavy (non-hydrogen) atoms. The highest BCUT2D eigenvalue weighted by molar-refractivity contribution is 7.93. The van der Waals surface area contributed by atoms with E-state index >= 15 is 0 Å². The Balaban J connectivity index is 1.55. The average molecular weight is 490 g/mol. The van der Waals surface area contributed by atoms with Crippen molar-refractivity contribution in [1.82, 2.24) is 20.2 Å². The Morgan fingerprint density at radius 2 is 1.97 bits per heavy atom. The highest BCUT2D eigenvalue weighted by Gasteiger charge is 2.34. The number of H-pyrrole nitrogens is 1. The van der Waals surface area contributed by atoms with E-state index in [9.17, 15) is 8.42 Å². The number of nitrogens with one attached hydrogen (secondary N) is 2. The Bertz CT molecular complexity index is 1440. The number of anilines is 3. The van der Waals surface area contributed by atoms with Crippen LogP contribution >= 0.6 is 23.2 Å². The lowest BCUT2D eigenvalue weighted by Crippen LogP contribution is -2.45. The molecular weight excluding hydrogens is 473 g/mol. The zero-order chi connectivity index (χ0) is 22.5. The van der Waals surface area contributed by atoms with E-state index in [1.165, 1.54) is 22.5 Å². The number of hydrogen-bond donors (Lipinski definition) is 3. The van der Waals surface area contributed by atoms with E-state index in [4.69, 9.17) is 28.9 Å². The van der Waals surface area contributed by atoms with Crippen molar-refractivity contribution < 1.29 is 8.42 Å². The number of hydrogen-bond acceptors (Lipinski definition) is 7. The smallest absolute Gasteiger partial charge is 0.265 e. The van der Waals surface area contributed by atoms with Crippen LogP contribution < -0.4 is 15.4 Å². The van der Waals surface area contributed by atoms with Crippen molar-refractivity contribution >= 4 is 61.7 Å². The number of nitrogens with two attached hydrogens (primary N) is 1. The molecular formula is C20H17Cl2N7O2S. The molecule has 0 saturated heterocycles. The third kappa shape index (κ3) is 3.60. The first-order valence-corrected chi connectivity index (χ1v) is 11.8. The Kier molecular flexibility index (Phi) is 5.07. The minimum atomic E-state index is -3.96. The highest BCUT2D eigenvalue weighted by atomic mass is 35.5. The third-order valence-electron chi connectivity index (χ3n) is 5.24. The number of para-hydroxylation sites is 1. The van der Waals surface area contributed by atoms with Crippen molar-refractivity contribution in [2.45, 2.75) is 17.4 Å². The zero-order valence-electron chi connectivity index (χ0n) is 16.5. The van der Waals surface area contributed by atoms with Crippen molar-refractivity contribution in [3.63, 3.8) is 0 Å². The SMILES string of the molecule is Nc1nc(NC2Cc3ccccc3N(S(=O)(=O)c3ccc(Cl)cc3Cl)C2)c2cn[nH]c2n1. The van der Waals surface area contributed by atoms with Gasteiger partial charge in [0.25, 0.3) is 10.0 Å². The number of halogens is 2. The molecule has 5 rings (SSSR count). The molecule has 9 nitrogen and oxygen atoms in total. The fourth-order valence-corrected chi connectivity index (χ4v) is 6.14. The molecule has 1 aliphatic heterocycles. The molecule has 0 amide bonds. The first-order valence-electron chi connectivity index (χ1n) is 9.62. The van der Waals surface area contributed by atoms with Crippen LogP contribution in [0.1, 0.15) is 5.56 Å². The Morgan fingerprint density at radius 3 is 2.78 bits per heavy atom. The summed E-state index contributed by atoms with van der Waals surface area (Å²) in [7, 11) is -3.96. The monoisotopic (exact) mass is 489 g/mol. The summed E-state index contributed by atoms with van der Waals surface area (Å²) in [6, 6.07) is 11.4. The number of nitrogens with zero attached hydrogens (tertiary/aromatic N) is 4. The molecule has 2 aromatic carbocycles. The van der Waals surface area contributed by atoms with Gasteiger partial charge < -0.3 is 11.1 Å². The second-order valence-electron chi connectivity index (χ2n) is 7.35. The van der Waals surface area contributed by atoms with E-state index in [-0.39, 0.29) is 28.5 Å². The van der Waals surface area contributed by atoms with Crippen LogP contribution in [0.2, 0.25) is 10.0 Å². The maximum absolute atomic E-state index is 13.6. The van der Waals surface area contributed by atoms with Crippen LogP contribution in [0.25, 0.3) is 11.0 Å². The van der Waals surface area contributed by atoms with Crippen LogP contribution in [-0.4, -0.2) is 41.2 Å². The molecule has 0 bridgehead atoms. The van der Waals surface area contributed by atoms with E-state index in [0.29, 0.717) is 34.0 Å². The second-order valence-corrected chi connectivity index (χ2v) is 10.0. The molecule has 0 saturated carbocycles. The summed E-state index contributed by atoms with van der Waals surface area (Å²) in [5.41, 5.74) is 7.79. The van der Waals surface area contributed by atoms with Gasteiger partial charge >= 0.3 is 0 Å². The highest BCUT2D eigenvalue weighted by Crippen LogP contribution is 2.36. The maximum atomic E-state index is 13.6. The van der Waals surface area contributed by atoms with E-state index < -0.39 is 10.0 Å². The molecule has 0 radical (unpaired) electrons. The lowest BCUT2D eigenvalue weighted by Gasteiger charge is -2.36. The molecule has 1 unspecified atom stereocenters. The normalized spacial score (nSPS) is 16.2. The summed E-state index contributed by atoms with van der Waals surface area (Å²) in [5.74, 6) is 0.561. The van der Waals surface area contributed by atoms with Crippen LogP contribution in [0.3, 0.4) is 0 Å². The molecule has 1 atom stereocenters. The van der Waals surface area contributed by atoms with Crippen LogP contribution in [0, 0.1) is 0 Å². The van der Waals surface area contributed by atoms with Gasteiger partial charge in [-0.25, -0.2) is 8.42 Å². The first kappa shape index (κ1) is 20.8. The first-order chi connectivity index (χ1) is 15.3. The largest absolute Gasteiger partial charge is 0.368 e. The molecule has 164 valence electrons. The fourth-order valence-electron chi connectivity index (χ4n) is 3.84. The molecule has 0 fully saturated rings. The number of fused-ring (bicyclic) bond motifs is 2. The fraction of sp³-hybridized carbons (Fsp3) is 0.150. The number of aromatic nitrogens is 4. The molecule has 2 aromatic heterocycles. The summed E-state index contributed by atoms with van der Waals surface area (Å²) >= 11 is 12.2. The van der Waals surface area contributed by atoms with Gasteiger partial charge in [0.2, 0.25) is 5.95 Å². The van der Waals surface area contributed by atoms with Crippen LogP contribution in [-0.2, 0) is 16.4 Å². The van der Waals surface area contributed by atoms with Crippen molar-refractivity contribution in [1.29, 1.82) is 0 Å². The van der Waals surface area contributed by atoms with Crippen molar-refractivity contribution in [3.8, 4) is 0 Å². The van der Waals surface area contributed by atoms with Gasteiger partial charge in [-0.05, 0) is 36.2 Å². The number of benzene rings is 2. The Labute approximate surface area is 193 Å².